The lowest BCUT2D eigenvalue weighted by atomic mass is 9.45. The zero-order chi connectivity index (χ0) is 17.8. The number of carbonyl (C=O) groups excluding carboxylic acids is 1. The van der Waals surface area contributed by atoms with Gasteiger partial charge in [-0.25, -0.2) is 0 Å². The molecular formula is C21H33NO2S. The molecule has 4 fully saturated rings. The van der Waals surface area contributed by atoms with Gasteiger partial charge >= 0.3 is 5.97 Å². The van der Waals surface area contributed by atoms with Gasteiger partial charge in [0.1, 0.15) is 0 Å². The summed E-state index contributed by atoms with van der Waals surface area (Å²) in [6, 6.07) is 0. The maximum atomic E-state index is 12.6. The summed E-state index contributed by atoms with van der Waals surface area (Å²) in [5.41, 5.74) is 6.10. The zero-order valence-corrected chi connectivity index (χ0v) is 16.6. The Labute approximate surface area is 157 Å². The molecule has 4 aliphatic carbocycles. The van der Waals surface area contributed by atoms with Gasteiger partial charge in [-0.3, -0.25) is 4.79 Å². The Bertz CT molecular complexity index is 578. The van der Waals surface area contributed by atoms with Crippen LogP contribution in [-0.4, -0.2) is 11.1 Å². The van der Waals surface area contributed by atoms with Crippen molar-refractivity contribution in [3.8, 4) is 0 Å². The highest BCUT2D eigenvalue weighted by molar-refractivity contribution is 7.80. The molecule has 4 aliphatic rings. The van der Waals surface area contributed by atoms with Crippen LogP contribution >= 0.6 is 12.2 Å². The van der Waals surface area contributed by atoms with Crippen molar-refractivity contribution in [1.82, 2.24) is 0 Å². The first kappa shape index (κ1) is 17.8. The number of hydrogen-bond acceptors (Lipinski definition) is 3. The number of hydrogen-bond donors (Lipinski definition) is 1. The molecule has 7 atom stereocenters. The van der Waals surface area contributed by atoms with Crippen molar-refractivity contribution in [2.24, 2.45) is 46.2 Å². The van der Waals surface area contributed by atoms with E-state index < -0.39 is 0 Å². The molecule has 2 N–H and O–H groups in total. The highest BCUT2D eigenvalue weighted by Crippen LogP contribution is 2.67. The second kappa shape index (κ2) is 6.21. The first-order valence-corrected chi connectivity index (χ1v) is 10.8. The number of carbonyl (C=O) groups is 1. The fourth-order valence-electron chi connectivity index (χ4n) is 7.85. The van der Waals surface area contributed by atoms with Crippen LogP contribution in [0.4, 0.5) is 0 Å². The summed E-state index contributed by atoms with van der Waals surface area (Å²) in [6.07, 6.45) is 13.1. The molecule has 0 saturated heterocycles. The molecular weight excluding hydrogens is 330 g/mol. The first-order valence-electron chi connectivity index (χ1n) is 10.4. The fourth-order valence-corrected chi connectivity index (χ4v) is 7.93. The predicted octanol–water partition coefficient (Wildman–Crippen LogP) is 4.82. The van der Waals surface area contributed by atoms with Gasteiger partial charge in [0.15, 0.2) is 0 Å². The monoisotopic (exact) mass is 363 g/mol. The third kappa shape index (κ3) is 2.65. The average Bonchev–Trinajstić information content (AvgIpc) is 2.91. The van der Waals surface area contributed by atoms with E-state index in [-0.39, 0.29) is 22.5 Å². The van der Waals surface area contributed by atoms with E-state index in [0.717, 1.165) is 30.6 Å². The lowest BCUT2D eigenvalue weighted by Crippen LogP contribution is -2.53. The average molecular weight is 364 g/mol. The highest BCUT2D eigenvalue weighted by atomic mass is 32.1. The number of rotatable bonds is 1. The first-order chi connectivity index (χ1) is 11.9. The van der Waals surface area contributed by atoms with Gasteiger partial charge in [0, 0.05) is 0 Å². The highest BCUT2D eigenvalue weighted by Gasteiger charge is 2.61. The van der Waals surface area contributed by atoms with E-state index in [2.05, 4.69) is 13.8 Å². The fraction of sp³-hybridized carbons (Fsp3) is 0.905. The number of ether oxygens (including phenoxy) is 1. The van der Waals surface area contributed by atoms with Gasteiger partial charge in [0.25, 0.3) is 5.17 Å². The molecule has 3 nitrogen and oxygen atoms in total. The lowest BCUT2D eigenvalue weighted by molar-refractivity contribution is -0.150. The van der Waals surface area contributed by atoms with Crippen molar-refractivity contribution in [3.63, 3.8) is 0 Å². The summed E-state index contributed by atoms with van der Waals surface area (Å²) in [5, 5.41) is -0.124. The predicted molar refractivity (Wildman–Crippen MR) is 103 cm³/mol. The third-order valence-corrected chi connectivity index (χ3v) is 9.15. The summed E-state index contributed by atoms with van der Waals surface area (Å²) >= 11 is 4.80. The maximum absolute atomic E-state index is 12.6. The van der Waals surface area contributed by atoms with Crippen LogP contribution in [0.15, 0.2) is 0 Å². The lowest BCUT2D eigenvalue weighted by Gasteiger charge is -2.60. The minimum atomic E-state index is -0.173. The summed E-state index contributed by atoms with van der Waals surface area (Å²) in [6.45, 7) is 4.95. The van der Waals surface area contributed by atoms with Crippen LogP contribution in [0.2, 0.25) is 0 Å². The van der Waals surface area contributed by atoms with Crippen molar-refractivity contribution in [1.29, 1.82) is 0 Å². The standard InChI is InChI=1S/C21H33NO2S/c1-20-11-4-3-5-13(20)6-7-14-15-8-9-17(18(23)24-19(22)25)21(15,2)12-10-16(14)20/h13-17H,3-12H2,1-2H3,(H2,22,25)/t13?,14-,15-,16+,17?,20-,21-/m0/s1. The second-order valence-corrected chi connectivity index (χ2v) is 10.2. The Kier molecular flexibility index (Phi) is 4.41. The van der Waals surface area contributed by atoms with Gasteiger partial charge in [0.2, 0.25) is 0 Å². The molecule has 0 bridgehead atoms. The van der Waals surface area contributed by atoms with Crippen LogP contribution in [-0.2, 0) is 9.53 Å². The third-order valence-electron chi connectivity index (χ3n) is 9.07. The Morgan fingerprint density at radius 1 is 0.960 bits per heavy atom. The number of fused-ring (bicyclic) bond motifs is 5. The SMILES string of the molecule is C[C@]12CCCCC1CC[C@@H]1[C@H]2CC[C@]2(C)C(C(=O)OC(N)=S)CC[C@@H]12. The Morgan fingerprint density at radius 3 is 2.48 bits per heavy atom. The largest absolute Gasteiger partial charge is 0.399 e. The molecule has 0 aliphatic heterocycles. The van der Waals surface area contributed by atoms with Crippen molar-refractivity contribution in [3.05, 3.63) is 0 Å². The van der Waals surface area contributed by atoms with E-state index in [1.807, 2.05) is 0 Å². The number of nitrogens with two attached hydrogens (primary N) is 1. The smallest absolute Gasteiger partial charge is 0.316 e. The van der Waals surface area contributed by atoms with Crippen molar-refractivity contribution < 1.29 is 9.53 Å². The van der Waals surface area contributed by atoms with E-state index in [4.69, 9.17) is 22.7 Å². The number of esters is 1. The van der Waals surface area contributed by atoms with Crippen LogP contribution in [0.25, 0.3) is 0 Å². The molecule has 0 aromatic rings. The summed E-state index contributed by atoms with van der Waals surface area (Å²) in [5.74, 6) is 3.11. The molecule has 2 unspecified atom stereocenters. The Balaban J connectivity index is 1.57. The van der Waals surface area contributed by atoms with Gasteiger partial charge in [-0.15, -0.1) is 0 Å². The molecule has 0 aromatic carbocycles. The van der Waals surface area contributed by atoms with Crippen LogP contribution in [0.5, 0.6) is 0 Å². The minimum absolute atomic E-state index is 0.0168. The van der Waals surface area contributed by atoms with Gasteiger partial charge < -0.3 is 10.5 Å². The molecule has 4 heteroatoms. The quantitative estimate of drug-likeness (QED) is 0.536. The molecule has 0 spiro atoms. The Morgan fingerprint density at radius 2 is 1.72 bits per heavy atom. The van der Waals surface area contributed by atoms with Gasteiger partial charge in [-0.05, 0) is 98.1 Å². The normalized spacial score (nSPS) is 48.8. The summed E-state index contributed by atoms with van der Waals surface area (Å²) in [7, 11) is 0. The summed E-state index contributed by atoms with van der Waals surface area (Å²) in [4.78, 5) is 12.6. The molecule has 140 valence electrons. The maximum Gasteiger partial charge on any atom is 0.316 e. The van der Waals surface area contributed by atoms with E-state index in [1.54, 1.807) is 0 Å². The van der Waals surface area contributed by atoms with Crippen LogP contribution in [0.1, 0.15) is 78.1 Å². The van der Waals surface area contributed by atoms with Crippen LogP contribution in [0.3, 0.4) is 0 Å². The molecule has 0 radical (unpaired) electrons. The molecule has 0 heterocycles. The topological polar surface area (TPSA) is 52.3 Å². The van der Waals surface area contributed by atoms with Crippen LogP contribution < -0.4 is 5.73 Å². The molecule has 25 heavy (non-hydrogen) atoms. The van der Waals surface area contributed by atoms with E-state index in [9.17, 15) is 4.79 Å². The van der Waals surface area contributed by atoms with Gasteiger partial charge in [-0.1, -0.05) is 26.7 Å². The number of thiocarbonyl (C=S) groups is 1. The van der Waals surface area contributed by atoms with Crippen molar-refractivity contribution >= 4 is 23.4 Å². The Hall–Kier alpha value is -0.640. The minimum Gasteiger partial charge on any atom is -0.399 e. The summed E-state index contributed by atoms with van der Waals surface area (Å²) < 4.78 is 5.16. The van der Waals surface area contributed by atoms with E-state index in [1.165, 1.54) is 51.4 Å². The van der Waals surface area contributed by atoms with E-state index in [0.29, 0.717) is 11.3 Å². The van der Waals surface area contributed by atoms with Gasteiger partial charge in [0.05, 0.1) is 5.92 Å². The van der Waals surface area contributed by atoms with Gasteiger partial charge in [-0.2, -0.15) is 0 Å². The van der Waals surface area contributed by atoms with Crippen molar-refractivity contribution in [2.75, 3.05) is 0 Å². The van der Waals surface area contributed by atoms with Crippen LogP contribution in [0, 0.1) is 40.4 Å². The second-order valence-electron chi connectivity index (χ2n) is 9.82. The van der Waals surface area contributed by atoms with E-state index >= 15 is 0 Å². The molecule has 0 amide bonds. The zero-order valence-electron chi connectivity index (χ0n) is 15.8. The molecule has 0 aromatic heterocycles. The molecule has 4 saturated carbocycles. The van der Waals surface area contributed by atoms with Crippen molar-refractivity contribution in [2.45, 2.75) is 78.1 Å². The molecule has 4 rings (SSSR count).